The van der Waals surface area contributed by atoms with Gasteiger partial charge in [-0.2, -0.15) is 0 Å². The molecule has 100 valence electrons. The van der Waals surface area contributed by atoms with Gasteiger partial charge in [0.05, 0.1) is 6.10 Å². The minimum absolute atomic E-state index is 0.0400. The van der Waals surface area contributed by atoms with Crippen LogP contribution in [-0.4, -0.2) is 47.5 Å². The van der Waals surface area contributed by atoms with Gasteiger partial charge < -0.3 is 15.1 Å². The molecule has 1 aliphatic heterocycles. The molecule has 1 saturated heterocycles. The van der Waals surface area contributed by atoms with E-state index in [0.717, 1.165) is 38.9 Å². The van der Waals surface area contributed by atoms with Crippen LogP contribution in [0, 0.1) is 17.3 Å². The first-order chi connectivity index (χ1) is 8.08. The molecule has 1 saturated carbocycles. The monoisotopic (exact) mass is 241 g/mol. The zero-order valence-corrected chi connectivity index (χ0v) is 11.2. The summed E-state index contributed by atoms with van der Waals surface area (Å²) in [6.07, 6.45) is 4.32. The first-order valence-electron chi connectivity index (χ1n) is 7.09. The standard InChI is InChI=1S/C14H27NO2/c1-3-6-14(2,10-16)9-15-7-11-4-5-13(17)12(11)8-15/h11-13,16-17H,3-10H2,1-2H3. The lowest BCUT2D eigenvalue weighted by Gasteiger charge is -2.32. The predicted molar refractivity (Wildman–Crippen MR) is 68.8 cm³/mol. The van der Waals surface area contributed by atoms with Crippen LogP contribution in [0.5, 0.6) is 0 Å². The van der Waals surface area contributed by atoms with Crippen LogP contribution in [0.25, 0.3) is 0 Å². The number of aliphatic hydroxyl groups is 2. The minimum Gasteiger partial charge on any atom is -0.396 e. The van der Waals surface area contributed by atoms with Crippen molar-refractivity contribution in [2.75, 3.05) is 26.2 Å². The summed E-state index contributed by atoms with van der Waals surface area (Å²) in [7, 11) is 0. The molecule has 0 amide bonds. The van der Waals surface area contributed by atoms with Gasteiger partial charge in [0.25, 0.3) is 0 Å². The van der Waals surface area contributed by atoms with Gasteiger partial charge in [-0.3, -0.25) is 0 Å². The fourth-order valence-electron chi connectivity index (χ4n) is 3.81. The maximum absolute atomic E-state index is 9.90. The number of nitrogens with zero attached hydrogens (tertiary/aromatic N) is 1. The first-order valence-corrected chi connectivity index (χ1v) is 7.09. The third-order valence-electron chi connectivity index (χ3n) is 4.74. The van der Waals surface area contributed by atoms with Crippen LogP contribution in [0.3, 0.4) is 0 Å². The van der Waals surface area contributed by atoms with Gasteiger partial charge in [-0.25, -0.2) is 0 Å². The molecule has 3 nitrogen and oxygen atoms in total. The molecule has 3 heteroatoms. The smallest absolute Gasteiger partial charge is 0.0583 e. The highest BCUT2D eigenvalue weighted by Crippen LogP contribution is 2.39. The second-order valence-corrected chi connectivity index (χ2v) is 6.48. The molecule has 0 aromatic rings. The van der Waals surface area contributed by atoms with E-state index < -0.39 is 0 Å². The zero-order valence-electron chi connectivity index (χ0n) is 11.2. The third-order valence-corrected chi connectivity index (χ3v) is 4.74. The fourth-order valence-corrected chi connectivity index (χ4v) is 3.81. The van der Waals surface area contributed by atoms with Crippen molar-refractivity contribution in [1.82, 2.24) is 4.90 Å². The van der Waals surface area contributed by atoms with Gasteiger partial charge in [0.2, 0.25) is 0 Å². The number of rotatable bonds is 5. The average Bonchev–Trinajstić information content (AvgIpc) is 2.82. The Morgan fingerprint density at radius 2 is 2.06 bits per heavy atom. The summed E-state index contributed by atoms with van der Waals surface area (Å²) in [5, 5.41) is 19.5. The average molecular weight is 241 g/mol. The van der Waals surface area contributed by atoms with E-state index in [2.05, 4.69) is 18.7 Å². The van der Waals surface area contributed by atoms with Gasteiger partial charge in [-0.1, -0.05) is 20.3 Å². The molecule has 4 atom stereocenters. The molecular weight excluding hydrogens is 214 g/mol. The van der Waals surface area contributed by atoms with E-state index in [1.54, 1.807) is 0 Å². The Labute approximate surface area is 105 Å². The van der Waals surface area contributed by atoms with Crippen LogP contribution in [0.15, 0.2) is 0 Å². The Morgan fingerprint density at radius 1 is 1.29 bits per heavy atom. The number of hydrogen-bond acceptors (Lipinski definition) is 3. The highest BCUT2D eigenvalue weighted by molar-refractivity contribution is 4.95. The number of likely N-dealkylation sites (tertiary alicyclic amines) is 1. The summed E-state index contributed by atoms with van der Waals surface area (Å²) in [6, 6.07) is 0. The van der Waals surface area contributed by atoms with E-state index in [9.17, 15) is 10.2 Å². The Morgan fingerprint density at radius 3 is 2.65 bits per heavy atom. The number of aliphatic hydroxyl groups excluding tert-OH is 2. The summed E-state index contributed by atoms with van der Waals surface area (Å²) in [5.41, 5.74) is 0.0400. The van der Waals surface area contributed by atoms with Gasteiger partial charge in [0.15, 0.2) is 0 Å². The SMILES string of the molecule is CCCC(C)(CO)CN1CC2CCC(O)C2C1. The predicted octanol–water partition coefficient (Wildman–Crippen LogP) is 1.49. The van der Waals surface area contributed by atoms with E-state index in [1.165, 1.54) is 6.42 Å². The Balaban J connectivity index is 1.89. The number of fused-ring (bicyclic) bond motifs is 1. The molecule has 2 rings (SSSR count). The molecule has 0 radical (unpaired) electrons. The van der Waals surface area contributed by atoms with Crippen LogP contribution in [0.2, 0.25) is 0 Å². The van der Waals surface area contributed by atoms with Crippen LogP contribution in [0.1, 0.15) is 39.5 Å². The number of hydrogen-bond donors (Lipinski definition) is 2. The van der Waals surface area contributed by atoms with Crippen molar-refractivity contribution < 1.29 is 10.2 Å². The van der Waals surface area contributed by atoms with Gasteiger partial charge in [0, 0.05) is 37.6 Å². The molecular formula is C14H27NO2. The van der Waals surface area contributed by atoms with Crippen LogP contribution >= 0.6 is 0 Å². The van der Waals surface area contributed by atoms with Gasteiger partial charge in [0.1, 0.15) is 0 Å². The normalized spacial score (nSPS) is 37.1. The van der Waals surface area contributed by atoms with E-state index in [1.807, 2.05) is 0 Å². The zero-order chi connectivity index (χ0) is 12.5. The molecule has 2 fully saturated rings. The van der Waals surface area contributed by atoms with Crippen LogP contribution in [0.4, 0.5) is 0 Å². The van der Waals surface area contributed by atoms with Crippen molar-refractivity contribution >= 4 is 0 Å². The van der Waals surface area contributed by atoms with Crippen molar-refractivity contribution in [2.24, 2.45) is 17.3 Å². The van der Waals surface area contributed by atoms with Gasteiger partial charge in [-0.05, 0) is 25.2 Å². The quantitative estimate of drug-likeness (QED) is 0.766. The molecule has 2 aliphatic rings. The molecule has 17 heavy (non-hydrogen) atoms. The third kappa shape index (κ3) is 2.83. The Hall–Kier alpha value is -0.120. The Kier molecular flexibility index (Phi) is 4.11. The topological polar surface area (TPSA) is 43.7 Å². The lowest BCUT2D eigenvalue weighted by molar-refractivity contribution is 0.0777. The Bertz CT molecular complexity index is 259. The van der Waals surface area contributed by atoms with E-state index in [4.69, 9.17) is 0 Å². The van der Waals surface area contributed by atoms with Gasteiger partial charge in [-0.15, -0.1) is 0 Å². The molecule has 1 heterocycles. The van der Waals surface area contributed by atoms with E-state index in [-0.39, 0.29) is 18.1 Å². The lowest BCUT2D eigenvalue weighted by atomic mass is 9.86. The van der Waals surface area contributed by atoms with E-state index >= 15 is 0 Å². The summed E-state index contributed by atoms with van der Waals surface area (Å²) < 4.78 is 0. The summed E-state index contributed by atoms with van der Waals surface area (Å²) in [6.45, 7) is 7.77. The molecule has 0 bridgehead atoms. The molecule has 0 spiro atoms. The lowest BCUT2D eigenvalue weighted by Crippen LogP contribution is -2.38. The highest BCUT2D eigenvalue weighted by Gasteiger charge is 2.43. The first kappa shape index (κ1) is 13.3. The van der Waals surface area contributed by atoms with Crippen LogP contribution < -0.4 is 0 Å². The van der Waals surface area contributed by atoms with Gasteiger partial charge >= 0.3 is 0 Å². The molecule has 0 aromatic carbocycles. The maximum atomic E-state index is 9.90. The molecule has 1 aliphatic carbocycles. The fraction of sp³-hybridized carbons (Fsp3) is 1.00. The summed E-state index contributed by atoms with van der Waals surface area (Å²) >= 11 is 0. The summed E-state index contributed by atoms with van der Waals surface area (Å²) in [5.74, 6) is 1.20. The second kappa shape index (κ2) is 5.25. The molecule has 2 N–H and O–H groups in total. The second-order valence-electron chi connectivity index (χ2n) is 6.48. The largest absolute Gasteiger partial charge is 0.396 e. The minimum atomic E-state index is -0.0726. The van der Waals surface area contributed by atoms with E-state index in [0.29, 0.717) is 11.8 Å². The van der Waals surface area contributed by atoms with Crippen molar-refractivity contribution in [1.29, 1.82) is 0 Å². The van der Waals surface area contributed by atoms with Crippen molar-refractivity contribution in [2.45, 2.75) is 45.6 Å². The van der Waals surface area contributed by atoms with Crippen molar-refractivity contribution in [3.8, 4) is 0 Å². The highest BCUT2D eigenvalue weighted by atomic mass is 16.3. The van der Waals surface area contributed by atoms with Crippen LogP contribution in [-0.2, 0) is 0 Å². The molecule has 0 aromatic heterocycles. The maximum Gasteiger partial charge on any atom is 0.0583 e. The van der Waals surface area contributed by atoms with Crippen molar-refractivity contribution in [3.05, 3.63) is 0 Å². The van der Waals surface area contributed by atoms with Crippen molar-refractivity contribution in [3.63, 3.8) is 0 Å². The summed E-state index contributed by atoms with van der Waals surface area (Å²) in [4.78, 5) is 2.46. The molecule has 4 unspecified atom stereocenters.